The molecular formula is C6H11NO3. The average Bonchev–Trinajstić information content (AvgIpc) is 1.58. The summed E-state index contributed by atoms with van der Waals surface area (Å²) < 4.78 is 0. The lowest BCUT2D eigenvalue weighted by molar-refractivity contribution is -0.140. The van der Waals surface area contributed by atoms with E-state index in [2.05, 4.69) is 0 Å². The number of nitrogens with zero attached hydrogens (tertiary/aromatic N) is 1. The Hall–Kier alpha value is -0.900. The Morgan fingerprint density at radius 2 is 1.90 bits per heavy atom. The van der Waals surface area contributed by atoms with Crippen LogP contribution in [0.1, 0.15) is 6.42 Å². The molecule has 0 spiro atoms. The molecule has 0 radical (unpaired) electrons. The SMILES string of the molecule is CN(C)CC(=O)CC(=O)O. The molecule has 0 saturated carbocycles. The van der Waals surface area contributed by atoms with Crippen molar-refractivity contribution in [3.63, 3.8) is 0 Å². The van der Waals surface area contributed by atoms with Gasteiger partial charge in [-0.1, -0.05) is 0 Å². The number of Topliss-reactive ketones (excluding diaryl/α,β-unsaturated/α-hetero) is 1. The van der Waals surface area contributed by atoms with Gasteiger partial charge in [-0.25, -0.2) is 0 Å². The molecule has 4 heteroatoms. The Balaban J connectivity index is 3.54. The smallest absolute Gasteiger partial charge is 0.310 e. The van der Waals surface area contributed by atoms with E-state index in [4.69, 9.17) is 5.11 Å². The molecule has 0 aromatic heterocycles. The summed E-state index contributed by atoms with van der Waals surface area (Å²) in [6.07, 6.45) is -0.377. The van der Waals surface area contributed by atoms with Gasteiger partial charge in [-0.05, 0) is 14.1 Å². The van der Waals surface area contributed by atoms with Crippen LogP contribution in [-0.4, -0.2) is 42.4 Å². The van der Waals surface area contributed by atoms with Gasteiger partial charge < -0.3 is 10.0 Å². The second-order valence-electron chi connectivity index (χ2n) is 2.35. The fourth-order valence-corrected chi connectivity index (χ4v) is 0.577. The van der Waals surface area contributed by atoms with Crippen LogP contribution in [0.3, 0.4) is 0 Å². The Labute approximate surface area is 59.4 Å². The Morgan fingerprint density at radius 1 is 1.40 bits per heavy atom. The predicted octanol–water partition coefficient (Wildman–Crippen LogP) is -0.408. The topological polar surface area (TPSA) is 57.6 Å². The molecule has 0 heterocycles. The lowest BCUT2D eigenvalue weighted by Crippen LogP contribution is -2.23. The van der Waals surface area contributed by atoms with Crippen LogP contribution < -0.4 is 0 Å². The van der Waals surface area contributed by atoms with Crippen molar-refractivity contribution in [3.8, 4) is 0 Å². The summed E-state index contributed by atoms with van der Waals surface area (Å²) in [7, 11) is 3.44. The Morgan fingerprint density at radius 3 is 2.20 bits per heavy atom. The number of hydrogen-bond acceptors (Lipinski definition) is 3. The second-order valence-corrected chi connectivity index (χ2v) is 2.35. The molecule has 1 N–H and O–H groups in total. The van der Waals surface area contributed by atoms with Crippen molar-refractivity contribution in [1.29, 1.82) is 0 Å². The molecule has 0 rings (SSSR count). The number of ketones is 1. The molecule has 0 atom stereocenters. The van der Waals surface area contributed by atoms with Crippen molar-refractivity contribution in [2.24, 2.45) is 0 Å². The first kappa shape index (κ1) is 9.10. The highest BCUT2D eigenvalue weighted by atomic mass is 16.4. The molecule has 10 heavy (non-hydrogen) atoms. The van der Waals surface area contributed by atoms with Gasteiger partial charge >= 0.3 is 5.97 Å². The van der Waals surface area contributed by atoms with Crippen molar-refractivity contribution in [2.45, 2.75) is 6.42 Å². The molecule has 0 aromatic carbocycles. The second kappa shape index (κ2) is 4.00. The minimum atomic E-state index is -1.06. The summed E-state index contributed by atoms with van der Waals surface area (Å²) >= 11 is 0. The number of carboxylic acids is 1. The van der Waals surface area contributed by atoms with Crippen LogP contribution in [0.4, 0.5) is 0 Å². The van der Waals surface area contributed by atoms with Gasteiger partial charge in [0.05, 0.1) is 6.54 Å². The lowest BCUT2D eigenvalue weighted by atomic mass is 10.3. The van der Waals surface area contributed by atoms with E-state index >= 15 is 0 Å². The minimum absolute atomic E-state index is 0.201. The van der Waals surface area contributed by atoms with Gasteiger partial charge in [0, 0.05) is 0 Å². The molecule has 0 aliphatic heterocycles. The number of rotatable bonds is 4. The molecule has 0 amide bonds. The fraction of sp³-hybridized carbons (Fsp3) is 0.667. The molecule has 0 aromatic rings. The van der Waals surface area contributed by atoms with E-state index < -0.39 is 5.97 Å². The normalized spacial score (nSPS) is 9.90. The molecular weight excluding hydrogens is 134 g/mol. The van der Waals surface area contributed by atoms with Crippen molar-refractivity contribution in [3.05, 3.63) is 0 Å². The van der Waals surface area contributed by atoms with Crippen molar-refractivity contribution >= 4 is 11.8 Å². The molecule has 0 aliphatic rings. The summed E-state index contributed by atoms with van der Waals surface area (Å²) in [4.78, 5) is 22.2. The van der Waals surface area contributed by atoms with Crippen LogP contribution >= 0.6 is 0 Å². The number of carbonyl (C=O) groups excluding carboxylic acids is 1. The number of carbonyl (C=O) groups is 2. The average molecular weight is 145 g/mol. The van der Waals surface area contributed by atoms with E-state index in [1.54, 1.807) is 19.0 Å². The molecule has 0 bridgehead atoms. The third-order valence-electron chi connectivity index (χ3n) is 0.841. The molecule has 0 aliphatic carbocycles. The molecule has 0 saturated heterocycles. The van der Waals surface area contributed by atoms with Crippen LogP contribution in [0.5, 0.6) is 0 Å². The standard InChI is InChI=1S/C6H11NO3/c1-7(2)4-5(8)3-6(9)10/h3-4H2,1-2H3,(H,9,10). The fourth-order valence-electron chi connectivity index (χ4n) is 0.577. The maximum Gasteiger partial charge on any atom is 0.310 e. The van der Waals surface area contributed by atoms with Gasteiger partial charge in [-0.3, -0.25) is 9.59 Å². The maximum atomic E-state index is 10.6. The van der Waals surface area contributed by atoms with Crippen LogP contribution in [0.2, 0.25) is 0 Å². The zero-order valence-corrected chi connectivity index (χ0v) is 6.13. The van der Waals surface area contributed by atoms with Crippen molar-refractivity contribution in [1.82, 2.24) is 4.90 Å². The van der Waals surface area contributed by atoms with E-state index in [1.807, 2.05) is 0 Å². The zero-order chi connectivity index (χ0) is 8.15. The number of likely N-dealkylation sites (N-methyl/N-ethyl adjacent to an activating group) is 1. The quantitative estimate of drug-likeness (QED) is 0.546. The van der Waals surface area contributed by atoms with Gasteiger partial charge in [0.1, 0.15) is 6.42 Å². The lowest BCUT2D eigenvalue weighted by Gasteiger charge is -2.05. The van der Waals surface area contributed by atoms with Crippen molar-refractivity contribution in [2.75, 3.05) is 20.6 Å². The maximum absolute atomic E-state index is 10.6. The van der Waals surface area contributed by atoms with Gasteiger partial charge in [0.15, 0.2) is 5.78 Å². The van der Waals surface area contributed by atoms with E-state index in [0.717, 1.165) is 0 Å². The van der Waals surface area contributed by atoms with E-state index in [1.165, 1.54) is 0 Å². The number of carboxylic acid groups (broad SMARTS) is 1. The van der Waals surface area contributed by atoms with E-state index in [9.17, 15) is 9.59 Å². The van der Waals surface area contributed by atoms with Gasteiger partial charge in [0.25, 0.3) is 0 Å². The van der Waals surface area contributed by atoms with Crippen LogP contribution in [0.15, 0.2) is 0 Å². The predicted molar refractivity (Wildman–Crippen MR) is 35.8 cm³/mol. The first-order valence-corrected chi connectivity index (χ1v) is 2.90. The van der Waals surface area contributed by atoms with E-state index in [0.29, 0.717) is 0 Å². The van der Waals surface area contributed by atoms with Crippen LogP contribution in [0, 0.1) is 0 Å². The van der Waals surface area contributed by atoms with Crippen molar-refractivity contribution < 1.29 is 14.7 Å². The number of hydrogen-bond donors (Lipinski definition) is 1. The minimum Gasteiger partial charge on any atom is -0.481 e. The third-order valence-corrected chi connectivity index (χ3v) is 0.841. The third kappa shape index (κ3) is 5.24. The summed E-state index contributed by atoms with van der Waals surface area (Å²) in [5.41, 5.74) is 0. The first-order chi connectivity index (χ1) is 4.52. The van der Waals surface area contributed by atoms with Gasteiger partial charge in [-0.2, -0.15) is 0 Å². The molecule has 4 nitrogen and oxygen atoms in total. The monoisotopic (exact) mass is 145 g/mol. The number of aliphatic carboxylic acids is 1. The summed E-state index contributed by atoms with van der Waals surface area (Å²) in [5.74, 6) is -1.33. The Bertz CT molecular complexity index is 142. The molecule has 0 fully saturated rings. The van der Waals surface area contributed by atoms with Gasteiger partial charge in [-0.15, -0.1) is 0 Å². The summed E-state index contributed by atoms with van der Waals surface area (Å²) in [5, 5.41) is 8.16. The largest absolute Gasteiger partial charge is 0.481 e. The molecule has 0 unspecified atom stereocenters. The summed E-state index contributed by atoms with van der Waals surface area (Å²) in [6.45, 7) is 0.201. The van der Waals surface area contributed by atoms with Crippen LogP contribution in [-0.2, 0) is 9.59 Å². The first-order valence-electron chi connectivity index (χ1n) is 2.90. The van der Waals surface area contributed by atoms with E-state index in [-0.39, 0.29) is 18.7 Å². The highest BCUT2D eigenvalue weighted by Crippen LogP contribution is 1.84. The Kier molecular flexibility index (Phi) is 3.64. The van der Waals surface area contributed by atoms with Crippen LogP contribution in [0.25, 0.3) is 0 Å². The summed E-state index contributed by atoms with van der Waals surface area (Å²) in [6, 6.07) is 0. The van der Waals surface area contributed by atoms with Gasteiger partial charge in [0.2, 0.25) is 0 Å². The molecule has 58 valence electrons. The highest BCUT2D eigenvalue weighted by Gasteiger charge is 2.07. The highest BCUT2D eigenvalue weighted by molar-refractivity contribution is 5.95. The zero-order valence-electron chi connectivity index (χ0n) is 6.13.